The number of ether oxygens (including phenoxy) is 2. The molecular weight excluding hydrogens is 392 g/mol. The van der Waals surface area contributed by atoms with E-state index in [2.05, 4.69) is 14.5 Å². The first-order valence-corrected chi connectivity index (χ1v) is 9.50. The van der Waals surface area contributed by atoms with Crippen molar-refractivity contribution in [3.8, 4) is 17.4 Å². The lowest BCUT2D eigenvalue weighted by Gasteiger charge is -2.13. The maximum atomic E-state index is 13.6. The Hall–Kier alpha value is -2.19. The van der Waals surface area contributed by atoms with Gasteiger partial charge < -0.3 is 14.4 Å². The van der Waals surface area contributed by atoms with Crippen LogP contribution in [0.2, 0.25) is 5.02 Å². The Balaban J connectivity index is 1.94. The SMILES string of the molecule is CC(Oc1ccc(Oc2ncc(Cl)cc2F)cc1)C(=O)OOP(C)(=O)O. The van der Waals surface area contributed by atoms with Crippen molar-refractivity contribution in [1.82, 2.24) is 4.98 Å². The van der Waals surface area contributed by atoms with Gasteiger partial charge in [-0.3, -0.25) is 9.45 Å². The van der Waals surface area contributed by atoms with Crippen molar-refractivity contribution in [3.05, 3.63) is 47.4 Å². The minimum atomic E-state index is -3.95. The minimum absolute atomic E-state index is 0.143. The molecule has 2 rings (SSSR count). The van der Waals surface area contributed by atoms with Crippen LogP contribution in [-0.4, -0.2) is 28.6 Å². The van der Waals surface area contributed by atoms with Crippen molar-refractivity contribution in [2.45, 2.75) is 13.0 Å². The van der Waals surface area contributed by atoms with Gasteiger partial charge in [-0.2, -0.15) is 0 Å². The molecule has 0 radical (unpaired) electrons. The highest BCUT2D eigenvalue weighted by molar-refractivity contribution is 7.51. The standard InChI is InChI=1S/C15H14ClFNO7P/c1-9(15(19)24-25-26(2,20)21)22-11-3-5-12(6-4-11)23-14-13(17)7-10(16)8-18-14/h3-9H,1-2H3,(H,20,21). The van der Waals surface area contributed by atoms with Crippen molar-refractivity contribution >= 4 is 25.2 Å². The maximum absolute atomic E-state index is 13.6. The Bertz CT molecular complexity index is 827. The van der Waals surface area contributed by atoms with E-state index in [1.807, 2.05) is 0 Å². The lowest BCUT2D eigenvalue weighted by atomic mass is 10.3. The molecule has 0 saturated heterocycles. The lowest BCUT2D eigenvalue weighted by Crippen LogP contribution is -2.25. The molecule has 0 aliphatic rings. The molecule has 0 aliphatic carbocycles. The second-order valence-corrected chi connectivity index (χ2v) is 7.25. The van der Waals surface area contributed by atoms with Crippen LogP contribution in [-0.2, 0) is 18.9 Å². The molecule has 140 valence electrons. The van der Waals surface area contributed by atoms with Crippen molar-refractivity contribution in [1.29, 1.82) is 0 Å². The number of pyridine rings is 1. The number of hydrogen-bond acceptors (Lipinski definition) is 7. The second-order valence-electron chi connectivity index (χ2n) is 5.05. The molecule has 2 atom stereocenters. The molecule has 11 heteroatoms. The first-order valence-electron chi connectivity index (χ1n) is 7.10. The Kier molecular flexibility index (Phi) is 6.55. The van der Waals surface area contributed by atoms with Gasteiger partial charge in [0.2, 0.25) is 0 Å². The molecule has 1 aromatic carbocycles. The summed E-state index contributed by atoms with van der Waals surface area (Å²) in [7, 11) is -3.95. The highest BCUT2D eigenvalue weighted by atomic mass is 35.5. The third-order valence-electron chi connectivity index (χ3n) is 2.71. The summed E-state index contributed by atoms with van der Waals surface area (Å²) in [6.07, 6.45) is 0.137. The van der Waals surface area contributed by atoms with E-state index < -0.39 is 25.5 Å². The van der Waals surface area contributed by atoms with Crippen LogP contribution in [0.25, 0.3) is 0 Å². The topological polar surface area (TPSA) is 104 Å². The average Bonchev–Trinajstić information content (AvgIpc) is 2.56. The van der Waals surface area contributed by atoms with Gasteiger partial charge in [-0.15, -0.1) is 0 Å². The van der Waals surface area contributed by atoms with Gasteiger partial charge in [0.05, 0.1) is 5.02 Å². The fourth-order valence-electron chi connectivity index (χ4n) is 1.60. The summed E-state index contributed by atoms with van der Waals surface area (Å²) < 4.78 is 39.2. The van der Waals surface area contributed by atoms with Crippen molar-refractivity contribution in [2.75, 3.05) is 6.66 Å². The summed E-state index contributed by atoms with van der Waals surface area (Å²) >= 11 is 5.61. The molecule has 0 bridgehead atoms. The summed E-state index contributed by atoms with van der Waals surface area (Å²) in [6, 6.07) is 6.93. The molecule has 0 spiro atoms. The molecule has 0 saturated carbocycles. The molecule has 1 aromatic heterocycles. The van der Waals surface area contributed by atoms with Crippen molar-refractivity contribution in [3.63, 3.8) is 0 Å². The zero-order valence-corrected chi connectivity index (χ0v) is 15.2. The van der Waals surface area contributed by atoms with E-state index in [0.29, 0.717) is 0 Å². The van der Waals surface area contributed by atoms with Crippen LogP contribution >= 0.6 is 19.2 Å². The molecule has 0 aliphatic heterocycles. The molecule has 2 unspecified atom stereocenters. The van der Waals surface area contributed by atoms with Gasteiger partial charge >= 0.3 is 13.6 Å². The largest absolute Gasteiger partial charge is 0.479 e. The zero-order chi connectivity index (χ0) is 19.3. The van der Waals surface area contributed by atoms with Gasteiger partial charge in [0, 0.05) is 12.9 Å². The van der Waals surface area contributed by atoms with Crippen molar-refractivity contribution in [2.24, 2.45) is 0 Å². The number of benzene rings is 1. The van der Waals surface area contributed by atoms with Crippen LogP contribution in [0.15, 0.2) is 36.5 Å². The Morgan fingerprint density at radius 3 is 2.50 bits per heavy atom. The normalized spacial score (nSPS) is 14.2. The quantitative estimate of drug-likeness (QED) is 0.422. The van der Waals surface area contributed by atoms with E-state index in [4.69, 9.17) is 26.0 Å². The van der Waals surface area contributed by atoms with E-state index in [0.717, 1.165) is 12.7 Å². The number of carbonyl (C=O) groups is 1. The van der Waals surface area contributed by atoms with Crippen LogP contribution in [0.3, 0.4) is 0 Å². The Morgan fingerprint density at radius 2 is 1.92 bits per heavy atom. The number of rotatable bonds is 7. The molecule has 1 N–H and O–H groups in total. The van der Waals surface area contributed by atoms with Gasteiger partial charge in [0.15, 0.2) is 11.9 Å². The Labute approximate surface area is 152 Å². The van der Waals surface area contributed by atoms with Gasteiger partial charge in [-0.05, 0) is 37.3 Å². The first kappa shape index (κ1) is 20.1. The Morgan fingerprint density at radius 1 is 1.31 bits per heavy atom. The van der Waals surface area contributed by atoms with E-state index in [1.165, 1.54) is 37.4 Å². The highest BCUT2D eigenvalue weighted by Crippen LogP contribution is 2.36. The zero-order valence-electron chi connectivity index (χ0n) is 13.6. The number of nitrogens with zero attached hydrogens (tertiary/aromatic N) is 1. The maximum Gasteiger partial charge on any atom is 0.382 e. The molecule has 0 amide bonds. The monoisotopic (exact) mass is 405 g/mol. The molecule has 26 heavy (non-hydrogen) atoms. The molecule has 2 aromatic rings. The number of halogens is 2. The lowest BCUT2D eigenvalue weighted by molar-refractivity contribution is -0.223. The number of aromatic nitrogens is 1. The second kappa shape index (κ2) is 8.46. The number of hydrogen-bond donors (Lipinski definition) is 1. The van der Waals surface area contributed by atoms with Crippen LogP contribution in [0.4, 0.5) is 4.39 Å². The van der Waals surface area contributed by atoms with Gasteiger partial charge in [-0.25, -0.2) is 14.2 Å². The molecular formula is C15H14ClFNO7P. The fourth-order valence-corrected chi connectivity index (χ4v) is 1.96. The predicted molar refractivity (Wildman–Crippen MR) is 88.7 cm³/mol. The van der Waals surface area contributed by atoms with Crippen LogP contribution in [0.1, 0.15) is 6.92 Å². The summed E-state index contributed by atoms with van der Waals surface area (Å²) in [4.78, 5) is 28.4. The smallest absolute Gasteiger partial charge is 0.382 e. The highest BCUT2D eigenvalue weighted by Gasteiger charge is 2.22. The third-order valence-corrected chi connectivity index (χ3v) is 3.27. The first-order chi connectivity index (χ1) is 12.1. The van der Waals surface area contributed by atoms with Gasteiger partial charge in [-0.1, -0.05) is 16.3 Å². The van der Waals surface area contributed by atoms with E-state index in [1.54, 1.807) is 0 Å². The van der Waals surface area contributed by atoms with Crippen LogP contribution in [0.5, 0.6) is 17.4 Å². The van der Waals surface area contributed by atoms with Crippen LogP contribution < -0.4 is 9.47 Å². The predicted octanol–water partition coefficient (Wildman–Crippen LogP) is 3.72. The summed E-state index contributed by atoms with van der Waals surface area (Å²) in [5.74, 6) is -1.41. The van der Waals surface area contributed by atoms with E-state index in [-0.39, 0.29) is 22.4 Å². The molecule has 0 fully saturated rings. The van der Waals surface area contributed by atoms with E-state index >= 15 is 0 Å². The molecule has 8 nitrogen and oxygen atoms in total. The van der Waals surface area contributed by atoms with E-state index in [9.17, 15) is 13.8 Å². The molecule has 1 heterocycles. The minimum Gasteiger partial charge on any atom is -0.479 e. The average molecular weight is 406 g/mol. The fraction of sp³-hybridized carbons (Fsp3) is 0.200. The summed E-state index contributed by atoms with van der Waals surface area (Å²) in [5, 5.41) is 0.143. The van der Waals surface area contributed by atoms with Gasteiger partial charge in [0.1, 0.15) is 11.5 Å². The van der Waals surface area contributed by atoms with Crippen molar-refractivity contribution < 1.29 is 37.7 Å². The van der Waals surface area contributed by atoms with Gasteiger partial charge in [0.25, 0.3) is 5.88 Å². The number of carbonyl (C=O) groups excluding carboxylic acids is 1. The van der Waals surface area contributed by atoms with Crippen LogP contribution in [0, 0.1) is 5.82 Å². The summed E-state index contributed by atoms with van der Waals surface area (Å²) in [6.45, 7) is 2.23. The summed E-state index contributed by atoms with van der Waals surface area (Å²) in [5.41, 5.74) is 0. The third kappa shape index (κ3) is 6.27.